The molecule has 0 amide bonds. The van der Waals surface area contributed by atoms with Crippen molar-refractivity contribution in [3.63, 3.8) is 0 Å². The van der Waals surface area contributed by atoms with E-state index in [9.17, 15) is 0 Å². The largest absolute Gasteiger partial charge is 0.381 e. The van der Waals surface area contributed by atoms with Crippen LogP contribution in [-0.2, 0) is 4.74 Å². The van der Waals surface area contributed by atoms with Crippen molar-refractivity contribution in [1.29, 1.82) is 0 Å². The van der Waals surface area contributed by atoms with Gasteiger partial charge in [-0.3, -0.25) is 0 Å². The second kappa shape index (κ2) is 3.62. The van der Waals surface area contributed by atoms with Crippen LogP contribution in [0.1, 0.15) is 17.9 Å². The third kappa shape index (κ3) is 1.48. The summed E-state index contributed by atoms with van der Waals surface area (Å²) >= 11 is 0. The standard InChI is InChI=1S/C13H17NO/c1-2-4-11(5-3-1)12-8-15-7-6-13(12)9-14-10-13/h1-5,12,14H,6-10H2/t12-/m0/s1. The molecular weight excluding hydrogens is 186 g/mol. The summed E-state index contributed by atoms with van der Waals surface area (Å²) in [5.74, 6) is 0.591. The Balaban J connectivity index is 1.89. The van der Waals surface area contributed by atoms with Gasteiger partial charge in [-0.05, 0) is 12.0 Å². The molecule has 1 spiro atoms. The van der Waals surface area contributed by atoms with E-state index in [2.05, 4.69) is 35.6 Å². The highest BCUT2D eigenvalue weighted by Gasteiger charge is 2.46. The van der Waals surface area contributed by atoms with Gasteiger partial charge in [0.05, 0.1) is 6.61 Å². The van der Waals surface area contributed by atoms with Gasteiger partial charge in [-0.25, -0.2) is 0 Å². The van der Waals surface area contributed by atoms with Gasteiger partial charge in [-0.2, -0.15) is 0 Å². The van der Waals surface area contributed by atoms with Gasteiger partial charge in [0.2, 0.25) is 0 Å². The lowest BCUT2D eigenvalue weighted by molar-refractivity contribution is -0.0356. The molecule has 1 aromatic rings. The monoisotopic (exact) mass is 203 g/mol. The van der Waals surface area contributed by atoms with Gasteiger partial charge in [-0.15, -0.1) is 0 Å². The van der Waals surface area contributed by atoms with E-state index in [1.807, 2.05) is 0 Å². The van der Waals surface area contributed by atoms with Crippen LogP contribution in [0.15, 0.2) is 30.3 Å². The van der Waals surface area contributed by atoms with Crippen LogP contribution in [0.25, 0.3) is 0 Å². The Morgan fingerprint density at radius 1 is 1.20 bits per heavy atom. The summed E-state index contributed by atoms with van der Waals surface area (Å²) in [6, 6.07) is 10.8. The second-order valence-electron chi connectivity index (χ2n) is 4.75. The second-order valence-corrected chi connectivity index (χ2v) is 4.75. The topological polar surface area (TPSA) is 21.3 Å². The van der Waals surface area contributed by atoms with E-state index in [1.54, 1.807) is 0 Å². The fourth-order valence-corrected chi connectivity index (χ4v) is 2.83. The molecule has 0 unspecified atom stereocenters. The summed E-state index contributed by atoms with van der Waals surface area (Å²) in [6.07, 6.45) is 1.21. The lowest BCUT2D eigenvalue weighted by Gasteiger charge is -2.51. The quantitative estimate of drug-likeness (QED) is 0.751. The van der Waals surface area contributed by atoms with Gasteiger partial charge in [-0.1, -0.05) is 30.3 Å². The average Bonchev–Trinajstić information content (AvgIpc) is 2.28. The minimum Gasteiger partial charge on any atom is -0.381 e. The van der Waals surface area contributed by atoms with Crippen LogP contribution < -0.4 is 5.32 Å². The molecule has 1 aromatic carbocycles. The van der Waals surface area contributed by atoms with Crippen molar-refractivity contribution in [1.82, 2.24) is 5.32 Å². The molecule has 2 nitrogen and oxygen atoms in total. The molecule has 0 aromatic heterocycles. The Labute approximate surface area is 90.6 Å². The number of rotatable bonds is 1. The number of hydrogen-bond acceptors (Lipinski definition) is 2. The molecule has 80 valence electrons. The molecule has 2 saturated heterocycles. The zero-order valence-corrected chi connectivity index (χ0v) is 8.91. The maximum absolute atomic E-state index is 5.64. The van der Waals surface area contributed by atoms with Crippen molar-refractivity contribution in [2.24, 2.45) is 5.41 Å². The summed E-state index contributed by atoms with van der Waals surface area (Å²) in [6.45, 7) is 4.16. The summed E-state index contributed by atoms with van der Waals surface area (Å²) in [5, 5.41) is 3.42. The highest BCUT2D eigenvalue weighted by Crippen LogP contribution is 2.44. The molecule has 2 aliphatic heterocycles. The van der Waals surface area contributed by atoms with Crippen LogP contribution >= 0.6 is 0 Å². The van der Waals surface area contributed by atoms with E-state index < -0.39 is 0 Å². The minimum absolute atomic E-state index is 0.486. The van der Waals surface area contributed by atoms with Gasteiger partial charge < -0.3 is 10.1 Å². The van der Waals surface area contributed by atoms with Gasteiger partial charge in [0.15, 0.2) is 0 Å². The van der Waals surface area contributed by atoms with Gasteiger partial charge in [0.1, 0.15) is 0 Å². The number of hydrogen-bond donors (Lipinski definition) is 1. The molecule has 0 bridgehead atoms. The lowest BCUT2D eigenvalue weighted by atomic mass is 9.65. The third-order valence-corrected chi connectivity index (χ3v) is 3.92. The van der Waals surface area contributed by atoms with Crippen LogP contribution in [0.4, 0.5) is 0 Å². The van der Waals surface area contributed by atoms with E-state index >= 15 is 0 Å². The van der Waals surface area contributed by atoms with E-state index in [4.69, 9.17) is 4.74 Å². The molecule has 2 fully saturated rings. The van der Waals surface area contributed by atoms with Gasteiger partial charge in [0.25, 0.3) is 0 Å². The summed E-state index contributed by atoms with van der Waals surface area (Å²) in [7, 11) is 0. The molecule has 2 heterocycles. The Morgan fingerprint density at radius 2 is 2.00 bits per heavy atom. The molecular formula is C13H17NO. The van der Waals surface area contributed by atoms with E-state index in [1.165, 1.54) is 12.0 Å². The molecule has 0 saturated carbocycles. The fraction of sp³-hybridized carbons (Fsp3) is 0.538. The molecule has 15 heavy (non-hydrogen) atoms. The predicted molar refractivity (Wildman–Crippen MR) is 59.9 cm³/mol. The highest BCUT2D eigenvalue weighted by atomic mass is 16.5. The van der Waals surface area contributed by atoms with Gasteiger partial charge >= 0.3 is 0 Å². The molecule has 0 radical (unpaired) electrons. The number of nitrogens with one attached hydrogen (secondary N) is 1. The number of benzene rings is 1. The first-order valence-electron chi connectivity index (χ1n) is 5.74. The maximum atomic E-state index is 5.64. The first kappa shape index (κ1) is 9.37. The van der Waals surface area contributed by atoms with Crippen molar-refractivity contribution in [3.05, 3.63) is 35.9 Å². The van der Waals surface area contributed by atoms with Crippen molar-refractivity contribution >= 4 is 0 Å². The van der Waals surface area contributed by atoms with Crippen LogP contribution in [-0.4, -0.2) is 26.3 Å². The van der Waals surface area contributed by atoms with Crippen molar-refractivity contribution in [3.8, 4) is 0 Å². The smallest absolute Gasteiger partial charge is 0.0541 e. The Hall–Kier alpha value is -0.860. The molecule has 3 rings (SSSR count). The minimum atomic E-state index is 0.486. The predicted octanol–water partition coefficient (Wildman–Crippen LogP) is 1.78. The first-order chi connectivity index (χ1) is 7.41. The summed E-state index contributed by atoms with van der Waals surface area (Å²) < 4.78 is 5.64. The third-order valence-electron chi connectivity index (χ3n) is 3.92. The summed E-state index contributed by atoms with van der Waals surface area (Å²) in [4.78, 5) is 0. The molecule has 1 atom stereocenters. The van der Waals surface area contributed by atoms with Crippen molar-refractivity contribution in [2.45, 2.75) is 12.3 Å². The van der Waals surface area contributed by atoms with Crippen molar-refractivity contribution in [2.75, 3.05) is 26.3 Å². The Kier molecular flexibility index (Phi) is 2.26. The van der Waals surface area contributed by atoms with Crippen LogP contribution in [0, 0.1) is 5.41 Å². The van der Waals surface area contributed by atoms with Crippen LogP contribution in [0.5, 0.6) is 0 Å². The molecule has 1 N–H and O–H groups in total. The van der Waals surface area contributed by atoms with Gasteiger partial charge in [0, 0.05) is 31.0 Å². The first-order valence-corrected chi connectivity index (χ1v) is 5.74. The molecule has 2 aliphatic rings. The summed E-state index contributed by atoms with van der Waals surface area (Å²) in [5.41, 5.74) is 1.93. The fourth-order valence-electron chi connectivity index (χ4n) is 2.83. The van der Waals surface area contributed by atoms with Crippen LogP contribution in [0.2, 0.25) is 0 Å². The van der Waals surface area contributed by atoms with Crippen molar-refractivity contribution < 1.29 is 4.74 Å². The highest BCUT2D eigenvalue weighted by molar-refractivity contribution is 5.25. The SMILES string of the molecule is c1ccc([C@@H]2COCCC23CNC3)cc1. The normalized spacial score (nSPS) is 28.7. The lowest BCUT2D eigenvalue weighted by Crippen LogP contribution is -2.59. The average molecular weight is 203 g/mol. The van der Waals surface area contributed by atoms with E-state index in [0.29, 0.717) is 11.3 Å². The Bertz CT molecular complexity index is 332. The molecule has 0 aliphatic carbocycles. The van der Waals surface area contributed by atoms with E-state index in [-0.39, 0.29) is 0 Å². The molecule has 2 heteroatoms. The number of ether oxygens (including phenoxy) is 1. The zero-order chi connectivity index (χ0) is 10.1. The Morgan fingerprint density at radius 3 is 2.67 bits per heavy atom. The van der Waals surface area contributed by atoms with Crippen LogP contribution in [0.3, 0.4) is 0 Å². The van der Waals surface area contributed by atoms with E-state index in [0.717, 1.165) is 26.3 Å². The maximum Gasteiger partial charge on any atom is 0.0541 e. The zero-order valence-electron chi connectivity index (χ0n) is 8.91.